The van der Waals surface area contributed by atoms with Crippen molar-refractivity contribution >= 4 is 15.8 Å². The highest BCUT2D eigenvalue weighted by Gasteiger charge is 2.30. The van der Waals surface area contributed by atoms with Gasteiger partial charge in [-0.15, -0.1) is 0 Å². The highest BCUT2D eigenvalue weighted by atomic mass is 32.2. The van der Waals surface area contributed by atoms with E-state index >= 15 is 0 Å². The second-order valence-electron chi connectivity index (χ2n) is 6.08. The topological polar surface area (TPSA) is 63.2 Å². The van der Waals surface area contributed by atoms with E-state index in [4.69, 9.17) is 0 Å². The van der Waals surface area contributed by atoms with Crippen molar-refractivity contribution in [2.75, 3.05) is 0 Å². The number of ketones is 1. The molecular weight excluding hydrogens is 286 g/mol. The van der Waals surface area contributed by atoms with E-state index in [1.165, 1.54) is 19.1 Å². The van der Waals surface area contributed by atoms with Gasteiger partial charge in [-0.1, -0.05) is 38.8 Å². The van der Waals surface area contributed by atoms with Crippen LogP contribution in [-0.2, 0) is 10.0 Å². The first-order valence-corrected chi connectivity index (χ1v) is 8.93. The van der Waals surface area contributed by atoms with E-state index in [1.807, 2.05) is 0 Å². The van der Waals surface area contributed by atoms with Gasteiger partial charge in [-0.2, -0.15) is 0 Å². The lowest BCUT2D eigenvalue weighted by Gasteiger charge is -2.34. The largest absolute Gasteiger partial charge is 0.295 e. The van der Waals surface area contributed by atoms with Crippen LogP contribution in [0.4, 0.5) is 0 Å². The molecule has 1 saturated carbocycles. The summed E-state index contributed by atoms with van der Waals surface area (Å²) in [7, 11) is -3.52. The van der Waals surface area contributed by atoms with Gasteiger partial charge in [0.05, 0.1) is 4.90 Å². The fourth-order valence-corrected chi connectivity index (χ4v) is 4.25. The van der Waals surface area contributed by atoms with E-state index in [9.17, 15) is 13.2 Å². The van der Waals surface area contributed by atoms with Gasteiger partial charge in [0.2, 0.25) is 10.0 Å². The summed E-state index contributed by atoms with van der Waals surface area (Å²) in [6, 6.07) is 6.10. The van der Waals surface area contributed by atoms with E-state index in [-0.39, 0.29) is 16.7 Å². The van der Waals surface area contributed by atoms with Crippen LogP contribution in [0.3, 0.4) is 0 Å². The Hall–Kier alpha value is -1.20. The molecule has 0 aliphatic heterocycles. The van der Waals surface area contributed by atoms with E-state index < -0.39 is 10.0 Å². The summed E-state index contributed by atoms with van der Waals surface area (Å²) in [5, 5.41) is 0. The number of sulfonamides is 1. The predicted octanol–water partition coefficient (Wildman–Crippen LogP) is 2.99. The second-order valence-corrected chi connectivity index (χ2v) is 7.79. The summed E-state index contributed by atoms with van der Waals surface area (Å²) in [6.07, 6.45) is 3.10. The molecule has 2 rings (SSSR count). The Bertz CT molecular complexity index is 607. The van der Waals surface area contributed by atoms with Crippen LogP contribution in [0.2, 0.25) is 0 Å². The van der Waals surface area contributed by atoms with Gasteiger partial charge in [0, 0.05) is 11.6 Å². The molecule has 21 heavy (non-hydrogen) atoms. The summed E-state index contributed by atoms with van der Waals surface area (Å²) >= 11 is 0. The minimum absolute atomic E-state index is 0.00812. The third kappa shape index (κ3) is 3.71. The smallest absolute Gasteiger partial charge is 0.240 e. The molecule has 0 aromatic heterocycles. The molecule has 0 heterocycles. The van der Waals surface area contributed by atoms with Crippen LogP contribution in [0.1, 0.15) is 50.4 Å². The van der Waals surface area contributed by atoms with Crippen LogP contribution >= 0.6 is 0 Å². The lowest BCUT2D eigenvalue weighted by atomic mass is 9.78. The molecule has 0 radical (unpaired) electrons. The van der Waals surface area contributed by atoms with Crippen LogP contribution in [0, 0.1) is 11.8 Å². The number of benzene rings is 1. The highest BCUT2D eigenvalue weighted by molar-refractivity contribution is 7.89. The molecule has 1 fully saturated rings. The van der Waals surface area contributed by atoms with E-state index in [0.29, 0.717) is 17.4 Å². The molecule has 1 aliphatic carbocycles. The van der Waals surface area contributed by atoms with E-state index in [2.05, 4.69) is 18.6 Å². The van der Waals surface area contributed by atoms with Crippen LogP contribution < -0.4 is 4.72 Å². The molecule has 1 aliphatic rings. The van der Waals surface area contributed by atoms with E-state index in [0.717, 1.165) is 19.3 Å². The minimum atomic E-state index is -3.52. The number of nitrogens with one attached hydrogen (secondary N) is 1. The molecule has 3 atom stereocenters. The van der Waals surface area contributed by atoms with Crippen LogP contribution in [-0.4, -0.2) is 20.2 Å². The standard InChI is InChI=1S/C16H23NO3S/c1-11-5-4-6-16(12(11)2)17-21(19,20)15-9-7-14(8-10-15)13(3)18/h7-12,16-17H,4-6H2,1-3H3. The molecular formula is C16H23NO3S. The molecule has 0 amide bonds. The molecule has 0 saturated heterocycles. The average Bonchev–Trinajstić information content (AvgIpc) is 2.44. The zero-order valence-corrected chi connectivity index (χ0v) is 13.6. The van der Waals surface area contributed by atoms with Crippen molar-refractivity contribution in [1.82, 2.24) is 4.72 Å². The fourth-order valence-electron chi connectivity index (χ4n) is 2.88. The first-order chi connectivity index (χ1) is 9.81. The summed E-state index contributed by atoms with van der Waals surface area (Å²) < 4.78 is 27.7. The third-order valence-electron chi connectivity index (χ3n) is 4.58. The summed E-state index contributed by atoms with van der Waals surface area (Å²) in [4.78, 5) is 11.5. The number of rotatable bonds is 4. The van der Waals surface area contributed by atoms with Crippen molar-refractivity contribution < 1.29 is 13.2 Å². The SMILES string of the molecule is CC(=O)c1ccc(S(=O)(=O)NC2CCCC(C)C2C)cc1. The number of Topliss-reactive ketones (excluding diaryl/α,β-unsaturated/α-hetero) is 1. The van der Waals surface area contributed by atoms with Crippen molar-refractivity contribution in [2.45, 2.75) is 51.0 Å². The zero-order chi connectivity index (χ0) is 15.6. The van der Waals surface area contributed by atoms with Crippen molar-refractivity contribution in [2.24, 2.45) is 11.8 Å². The van der Waals surface area contributed by atoms with Crippen LogP contribution in [0.15, 0.2) is 29.2 Å². The van der Waals surface area contributed by atoms with E-state index in [1.54, 1.807) is 12.1 Å². The lowest BCUT2D eigenvalue weighted by molar-refractivity contribution is 0.101. The molecule has 4 nitrogen and oxygen atoms in total. The zero-order valence-electron chi connectivity index (χ0n) is 12.8. The maximum Gasteiger partial charge on any atom is 0.240 e. The highest BCUT2D eigenvalue weighted by Crippen LogP contribution is 2.30. The van der Waals surface area contributed by atoms with Gasteiger partial charge in [0.25, 0.3) is 0 Å². The maximum absolute atomic E-state index is 12.4. The lowest BCUT2D eigenvalue weighted by Crippen LogP contribution is -2.43. The quantitative estimate of drug-likeness (QED) is 0.870. The number of carbonyl (C=O) groups is 1. The Morgan fingerprint density at radius 2 is 1.76 bits per heavy atom. The Morgan fingerprint density at radius 3 is 2.33 bits per heavy atom. The Labute approximate surface area is 127 Å². The van der Waals surface area contributed by atoms with Crippen molar-refractivity contribution in [3.63, 3.8) is 0 Å². The number of hydrogen-bond acceptors (Lipinski definition) is 3. The summed E-state index contributed by atoms with van der Waals surface area (Å²) in [6.45, 7) is 5.75. The molecule has 0 spiro atoms. The van der Waals surface area contributed by atoms with Gasteiger partial charge in [-0.3, -0.25) is 4.79 Å². The fraction of sp³-hybridized carbons (Fsp3) is 0.562. The normalized spacial score (nSPS) is 26.5. The summed E-state index contributed by atoms with van der Waals surface area (Å²) in [5.41, 5.74) is 0.522. The molecule has 116 valence electrons. The first-order valence-electron chi connectivity index (χ1n) is 7.44. The molecule has 0 bridgehead atoms. The van der Waals surface area contributed by atoms with Gasteiger partial charge in [0.1, 0.15) is 0 Å². The predicted molar refractivity (Wildman–Crippen MR) is 82.7 cm³/mol. The molecule has 3 unspecified atom stereocenters. The first kappa shape index (κ1) is 16.2. The van der Waals surface area contributed by atoms with Crippen LogP contribution in [0.5, 0.6) is 0 Å². The maximum atomic E-state index is 12.4. The molecule has 1 N–H and O–H groups in total. The molecule has 5 heteroatoms. The van der Waals surface area contributed by atoms with Crippen LogP contribution in [0.25, 0.3) is 0 Å². The monoisotopic (exact) mass is 309 g/mol. The Morgan fingerprint density at radius 1 is 1.14 bits per heavy atom. The Kier molecular flexibility index (Phi) is 4.84. The van der Waals surface area contributed by atoms with Crippen molar-refractivity contribution in [1.29, 1.82) is 0 Å². The van der Waals surface area contributed by atoms with Gasteiger partial charge < -0.3 is 0 Å². The van der Waals surface area contributed by atoms with Crippen molar-refractivity contribution in [3.8, 4) is 0 Å². The molecule has 1 aromatic rings. The second kappa shape index (κ2) is 6.28. The third-order valence-corrected chi connectivity index (χ3v) is 6.09. The summed E-state index contributed by atoms with van der Waals surface area (Å²) in [5.74, 6) is 0.804. The van der Waals surface area contributed by atoms with Gasteiger partial charge in [0.15, 0.2) is 5.78 Å². The van der Waals surface area contributed by atoms with Gasteiger partial charge in [-0.25, -0.2) is 13.1 Å². The average molecular weight is 309 g/mol. The van der Waals surface area contributed by atoms with Crippen molar-refractivity contribution in [3.05, 3.63) is 29.8 Å². The van der Waals surface area contributed by atoms with Gasteiger partial charge in [-0.05, 0) is 37.3 Å². The Balaban J connectivity index is 2.16. The van der Waals surface area contributed by atoms with Gasteiger partial charge >= 0.3 is 0 Å². The number of hydrogen-bond donors (Lipinski definition) is 1. The molecule has 1 aromatic carbocycles. The number of carbonyl (C=O) groups excluding carboxylic acids is 1. The minimum Gasteiger partial charge on any atom is -0.295 e.